The fraction of sp³-hybridized carbons (Fsp3) is 0.308. The number of aromatic nitrogens is 2. The number of hydrogen-bond donors (Lipinski definition) is 2. The molecule has 0 radical (unpaired) electrons. The Bertz CT molecular complexity index is 548. The molecule has 0 bridgehead atoms. The fourth-order valence-electron chi connectivity index (χ4n) is 1.82. The first-order chi connectivity index (χ1) is 8.60. The van der Waals surface area contributed by atoms with Crippen LogP contribution in [0.5, 0.6) is 5.75 Å². The molecule has 1 heterocycles. The Kier molecular flexibility index (Phi) is 3.41. The van der Waals surface area contributed by atoms with Crippen molar-refractivity contribution in [3.63, 3.8) is 0 Å². The van der Waals surface area contributed by atoms with Crippen molar-refractivity contribution >= 4 is 11.5 Å². The summed E-state index contributed by atoms with van der Waals surface area (Å²) in [5, 5.41) is 7.58. The average Bonchev–Trinajstić information content (AvgIpc) is 2.67. The smallest absolute Gasteiger partial charge is 0.124 e. The molecule has 2 aromatic rings. The quantitative estimate of drug-likeness (QED) is 0.809. The number of anilines is 2. The maximum absolute atomic E-state index is 5.93. The van der Waals surface area contributed by atoms with Gasteiger partial charge in [-0.25, -0.2) is 0 Å². The van der Waals surface area contributed by atoms with Crippen molar-refractivity contribution in [1.82, 2.24) is 9.78 Å². The van der Waals surface area contributed by atoms with Crippen LogP contribution in [-0.4, -0.2) is 16.9 Å². The Labute approximate surface area is 107 Å². The first-order valence-corrected chi connectivity index (χ1v) is 5.77. The predicted molar refractivity (Wildman–Crippen MR) is 72.7 cm³/mol. The monoisotopic (exact) mass is 246 g/mol. The third kappa shape index (κ3) is 2.56. The van der Waals surface area contributed by atoms with Gasteiger partial charge in [-0.1, -0.05) is 0 Å². The van der Waals surface area contributed by atoms with Crippen LogP contribution in [0.2, 0.25) is 0 Å². The highest BCUT2D eigenvalue weighted by molar-refractivity contribution is 5.52. The van der Waals surface area contributed by atoms with E-state index in [-0.39, 0.29) is 0 Å². The summed E-state index contributed by atoms with van der Waals surface area (Å²) in [5.74, 6) is 1.77. The van der Waals surface area contributed by atoms with Gasteiger partial charge >= 0.3 is 0 Å². The topological polar surface area (TPSA) is 65.1 Å². The summed E-state index contributed by atoms with van der Waals surface area (Å²) in [6.07, 6.45) is 0. The lowest BCUT2D eigenvalue weighted by molar-refractivity contribution is 0.414. The maximum Gasteiger partial charge on any atom is 0.124 e. The fourth-order valence-corrected chi connectivity index (χ4v) is 1.82. The number of aryl methyl sites for hydroxylation is 2. The lowest BCUT2D eigenvalue weighted by atomic mass is 10.1. The summed E-state index contributed by atoms with van der Waals surface area (Å²) in [7, 11) is 3.55. The summed E-state index contributed by atoms with van der Waals surface area (Å²) >= 11 is 0. The van der Waals surface area contributed by atoms with E-state index < -0.39 is 0 Å². The van der Waals surface area contributed by atoms with Gasteiger partial charge in [-0.2, -0.15) is 5.10 Å². The number of nitrogen functional groups attached to an aromatic ring is 1. The van der Waals surface area contributed by atoms with Gasteiger partial charge in [-0.05, 0) is 30.7 Å². The number of benzene rings is 1. The summed E-state index contributed by atoms with van der Waals surface area (Å²) in [6, 6.07) is 7.64. The van der Waals surface area contributed by atoms with E-state index in [9.17, 15) is 0 Å². The first kappa shape index (κ1) is 12.3. The summed E-state index contributed by atoms with van der Waals surface area (Å²) in [6.45, 7) is 2.60. The van der Waals surface area contributed by atoms with E-state index in [1.54, 1.807) is 7.11 Å². The molecule has 5 heteroatoms. The van der Waals surface area contributed by atoms with Gasteiger partial charge in [0.25, 0.3) is 0 Å². The molecular formula is C13H18N4O. The molecule has 0 saturated heterocycles. The van der Waals surface area contributed by atoms with Gasteiger partial charge in [0.05, 0.1) is 12.8 Å². The van der Waals surface area contributed by atoms with Crippen molar-refractivity contribution in [2.75, 3.05) is 18.2 Å². The third-order valence-corrected chi connectivity index (χ3v) is 2.81. The standard InChI is InChI=1S/C13H18N4O/c1-9-6-13(17(2)16-9)15-8-10-7-11(18-3)4-5-12(10)14/h4-7,15H,8,14H2,1-3H3. The normalized spacial score (nSPS) is 10.4. The highest BCUT2D eigenvalue weighted by Gasteiger charge is 2.04. The van der Waals surface area contributed by atoms with E-state index >= 15 is 0 Å². The van der Waals surface area contributed by atoms with Gasteiger partial charge in [0, 0.05) is 25.3 Å². The highest BCUT2D eigenvalue weighted by Crippen LogP contribution is 2.20. The minimum Gasteiger partial charge on any atom is -0.497 e. The van der Waals surface area contributed by atoms with E-state index in [0.717, 1.165) is 28.5 Å². The summed E-state index contributed by atoms with van der Waals surface area (Å²) in [5.41, 5.74) is 8.68. The molecule has 0 aliphatic heterocycles. The van der Waals surface area contributed by atoms with Crippen molar-refractivity contribution in [1.29, 1.82) is 0 Å². The zero-order valence-electron chi connectivity index (χ0n) is 10.9. The zero-order valence-corrected chi connectivity index (χ0v) is 10.9. The lowest BCUT2D eigenvalue weighted by Gasteiger charge is -2.10. The van der Waals surface area contributed by atoms with Gasteiger partial charge < -0.3 is 15.8 Å². The molecular weight excluding hydrogens is 228 g/mol. The molecule has 0 aliphatic rings. The largest absolute Gasteiger partial charge is 0.497 e. The number of nitrogens with zero attached hydrogens (tertiary/aromatic N) is 2. The molecule has 3 N–H and O–H groups in total. The lowest BCUT2D eigenvalue weighted by Crippen LogP contribution is -2.06. The molecule has 2 rings (SSSR count). The van der Waals surface area contributed by atoms with Crippen molar-refractivity contribution in [2.45, 2.75) is 13.5 Å². The van der Waals surface area contributed by atoms with Crippen molar-refractivity contribution in [3.05, 3.63) is 35.5 Å². The number of hydrogen-bond acceptors (Lipinski definition) is 4. The third-order valence-electron chi connectivity index (χ3n) is 2.81. The Balaban J connectivity index is 2.12. The first-order valence-electron chi connectivity index (χ1n) is 5.77. The van der Waals surface area contributed by atoms with Gasteiger partial charge in [-0.3, -0.25) is 4.68 Å². The number of nitrogens with one attached hydrogen (secondary N) is 1. The van der Waals surface area contributed by atoms with Crippen molar-refractivity contribution in [2.24, 2.45) is 7.05 Å². The summed E-state index contributed by atoms with van der Waals surface area (Å²) in [4.78, 5) is 0. The van der Waals surface area contributed by atoms with Crippen LogP contribution in [0.1, 0.15) is 11.3 Å². The van der Waals surface area contributed by atoms with Gasteiger partial charge in [0.2, 0.25) is 0 Å². The van der Waals surface area contributed by atoms with Gasteiger partial charge in [0.15, 0.2) is 0 Å². The molecule has 0 spiro atoms. The maximum atomic E-state index is 5.93. The predicted octanol–water partition coefficient (Wildman–Crippen LogP) is 1.93. The average molecular weight is 246 g/mol. The number of nitrogens with two attached hydrogens (primary N) is 1. The molecule has 1 aromatic carbocycles. The molecule has 0 unspecified atom stereocenters. The molecule has 5 nitrogen and oxygen atoms in total. The second-order valence-electron chi connectivity index (χ2n) is 4.21. The van der Waals surface area contributed by atoms with Crippen LogP contribution in [0.4, 0.5) is 11.5 Å². The number of rotatable bonds is 4. The van der Waals surface area contributed by atoms with Gasteiger partial charge in [-0.15, -0.1) is 0 Å². The van der Waals surface area contributed by atoms with E-state index in [1.165, 1.54) is 0 Å². The second kappa shape index (κ2) is 5.00. The van der Waals surface area contributed by atoms with E-state index in [2.05, 4.69) is 10.4 Å². The Morgan fingerprint density at radius 2 is 2.17 bits per heavy atom. The van der Waals surface area contributed by atoms with E-state index in [4.69, 9.17) is 10.5 Å². The van der Waals surface area contributed by atoms with E-state index in [1.807, 2.05) is 42.9 Å². The van der Waals surface area contributed by atoms with E-state index in [0.29, 0.717) is 6.54 Å². The molecule has 1 aromatic heterocycles. The van der Waals surface area contributed by atoms with Crippen LogP contribution in [0, 0.1) is 6.92 Å². The SMILES string of the molecule is COc1ccc(N)c(CNc2cc(C)nn2C)c1. The van der Waals surface area contributed by atoms with Crippen LogP contribution in [0.3, 0.4) is 0 Å². The molecule has 0 fully saturated rings. The summed E-state index contributed by atoms with van der Waals surface area (Å²) < 4.78 is 7.00. The van der Waals surface area contributed by atoms with Crippen LogP contribution < -0.4 is 15.8 Å². The Hall–Kier alpha value is -2.17. The Morgan fingerprint density at radius 3 is 2.78 bits per heavy atom. The molecule has 96 valence electrons. The van der Waals surface area contributed by atoms with Crippen molar-refractivity contribution < 1.29 is 4.74 Å². The molecule has 0 amide bonds. The zero-order chi connectivity index (χ0) is 13.1. The minimum absolute atomic E-state index is 0.641. The highest BCUT2D eigenvalue weighted by atomic mass is 16.5. The Morgan fingerprint density at radius 1 is 1.39 bits per heavy atom. The van der Waals surface area contributed by atoms with Crippen LogP contribution >= 0.6 is 0 Å². The van der Waals surface area contributed by atoms with Gasteiger partial charge in [0.1, 0.15) is 11.6 Å². The second-order valence-corrected chi connectivity index (χ2v) is 4.21. The molecule has 18 heavy (non-hydrogen) atoms. The molecule has 0 aliphatic carbocycles. The van der Waals surface area contributed by atoms with Crippen LogP contribution in [0.15, 0.2) is 24.3 Å². The number of methoxy groups -OCH3 is 1. The molecule has 0 atom stereocenters. The minimum atomic E-state index is 0.641. The van der Waals surface area contributed by atoms with Crippen molar-refractivity contribution in [3.8, 4) is 5.75 Å². The molecule has 0 saturated carbocycles. The van der Waals surface area contributed by atoms with Crippen LogP contribution in [0.25, 0.3) is 0 Å². The number of ether oxygens (including phenoxy) is 1. The van der Waals surface area contributed by atoms with Crippen LogP contribution in [-0.2, 0) is 13.6 Å².